The summed E-state index contributed by atoms with van der Waals surface area (Å²) in [5, 5.41) is 3.54. The highest BCUT2D eigenvalue weighted by Crippen LogP contribution is 2.45. The van der Waals surface area contributed by atoms with Crippen molar-refractivity contribution in [2.24, 2.45) is 10.4 Å². The first kappa shape index (κ1) is 15.0. The second-order valence-corrected chi connectivity index (χ2v) is 7.04. The van der Waals surface area contributed by atoms with Crippen LogP contribution < -0.4 is 5.32 Å². The first-order chi connectivity index (χ1) is 9.29. The number of likely N-dealkylation sites (tertiary alicyclic amines) is 1. The van der Waals surface area contributed by atoms with Gasteiger partial charge in [-0.3, -0.25) is 4.99 Å². The van der Waals surface area contributed by atoms with Crippen LogP contribution in [0.15, 0.2) is 4.99 Å². The monoisotopic (exact) mass is 283 g/mol. The predicted molar refractivity (Wildman–Crippen MR) is 86.1 cm³/mol. The van der Waals surface area contributed by atoms with Gasteiger partial charge in [0.05, 0.1) is 0 Å². The van der Waals surface area contributed by atoms with Gasteiger partial charge in [0.15, 0.2) is 5.96 Å². The molecule has 1 aliphatic heterocycles. The molecule has 1 heterocycles. The van der Waals surface area contributed by atoms with E-state index in [1.807, 2.05) is 18.8 Å². The third-order valence-corrected chi connectivity index (χ3v) is 5.37. The van der Waals surface area contributed by atoms with Crippen molar-refractivity contribution < 1.29 is 0 Å². The van der Waals surface area contributed by atoms with Gasteiger partial charge in [-0.15, -0.1) is 0 Å². The highest BCUT2D eigenvalue weighted by Gasteiger charge is 2.40. The third-order valence-electron chi connectivity index (χ3n) is 4.67. The second kappa shape index (κ2) is 7.41. The van der Waals surface area contributed by atoms with Crippen molar-refractivity contribution in [3.05, 3.63) is 0 Å². The number of nitrogens with one attached hydrogen (secondary N) is 1. The summed E-state index contributed by atoms with van der Waals surface area (Å²) in [7, 11) is 1.92. The molecule has 0 aromatic carbocycles. The molecular formula is C15H29N3S. The van der Waals surface area contributed by atoms with E-state index in [2.05, 4.69) is 21.5 Å². The smallest absolute Gasteiger partial charge is 0.193 e. The summed E-state index contributed by atoms with van der Waals surface area (Å²) in [6.07, 6.45) is 11.9. The molecule has 0 aromatic heterocycles. The first-order valence-corrected chi connectivity index (χ1v) is 9.14. The van der Waals surface area contributed by atoms with Gasteiger partial charge in [0.2, 0.25) is 0 Å². The maximum Gasteiger partial charge on any atom is 0.193 e. The molecule has 4 heteroatoms. The minimum atomic E-state index is 0.635. The quantitative estimate of drug-likeness (QED) is 0.477. The van der Waals surface area contributed by atoms with Gasteiger partial charge in [-0.2, -0.15) is 11.8 Å². The highest BCUT2D eigenvalue weighted by atomic mass is 32.2. The molecule has 3 nitrogen and oxygen atoms in total. The summed E-state index contributed by atoms with van der Waals surface area (Å²) in [5.74, 6) is 2.40. The van der Waals surface area contributed by atoms with Crippen molar-refractivity contribution in [2.75, 3.05) is 38.7 Å². The Hall–Kier alpha value is -0.380. The van der Waals surface area contributed by atoms with Crippen LogP contribution >= 0.6 is 11.8 Å². The molecule has 2 aliphatic rings. The Morgan fingerprint density at radius 3 is 2.74 bits per heavy atom. The van der Waals surface area contributed by atoms with Crippen LogP contribution in [-0.2, 0) is 0 Å². The zero-order valence-corrected chi connectivity index (χ0v) is 13.4. The zero-order valence-electron chi connectivity index (χ0n) is 12.6. The van der Waals surface area contributed by atoms with Crippen LogP contribution in [0.5, 0.6) is 0 Å². The van der Waals surface area contributed by atoms with E-state index in [1.54, 1.807) is 0 Å². The summed E-state index contributed by atoms with van der Waals surface area (Å²) in [5.41, 5.74) is 0.635. The minimum absolute atomic E-state index is 0.635. The van der Waals surface area contributed by atoms with Gasteiger partial charge < -0.3 is 10.2 Å². The molecule has 1 spiro atoms. The van der Waals surface area contributed by atoms with Gasteiger partial charge in [-0.05, 0) is 49.5 Å². The van der Waals surface area contributed by atoms with Crippen molar-refractivity contribution >= 4 is 17.7 Å². The van der Waals surface area contributed by atoms with E-state index in [9.17, 15) is 0 Å². The normalized spacial score (nSPS) is 22.4. The second-order valence-electron chi connectivity index (χ2n) is 6.05. The maximum atomic E-state index is 4.47. The Labute approximate surface area is 122 Å². The number of thioether (sulfide) groups is 1. The molecule has 0 radical (unpaired) electrons. The molecule has 1 saturated carbocycles. The molecule has 19 heavy (non-hydrogen) atoms. The van der Waals surface area contributed by atoms with Crippen LogP contribution in [0, 0.1) is 5.41 Å². The molecule has 1 saturated heterocycles. The fraction of sp³-hybridized carbons (Fsp3) is 0.933. The maximum absolute atomic E-state index is 4.47. The molecule has 110 valence electrons. The van der Waals surface area contributed by atoms with Gasteiger partial charge in [0.25, 0.3) is 0 Å². The summed E-state index contributed by atoms with van der Waals surface area (Å²) in [4.78, 5) is 6.95. The van der Waals surface area contributed by atoms with E-state index in [0.29, 0.717) is 5.41 Å². The van der Waals surface area contributed by atoms with E-state index >= 15 is 0 Å². The van der Waals surface area contributed by atoms with Gasteiger partial charge in [0.1, 0.15) is 0 Å². The lowest BCUT2D eigenvalue weighted by Crippen LogP contribution is -2.41. The third kappa shape index (κ3) is 4.04. The number of rotatable bonds is 5. The number of hydrogen-bond donors (Lipinski definition) is 1. The fourth-order valence-corrected chi connectivity index (χ4v) is 4.05. The van der Waals surface area contributed by atoms with Crippen molar-refractivity contribution in [3.8, 4) is 0 Å². The lowest BCUT2D eigenvalue weighted by Gasteiger charge is -2.25. The molecule has 1 N–H and O–H groups in total. The Bertz CT molecular complexity index is 298. The van der Waals surface area contributed by atoms with E-state index < -0.39 is 0 Å². The van der Waals surface area contributed by atoms with Crippen LogP contribution in [0.4, 0.5) is 0 Å². The lowest BCUT2D eigenvalue weighted by molar-refractivity contribution is 0.309. The predicted octanol–water partition coefficient (Wildman–Crippen LogP) is 2.97. The van der Waals surface area contributed by atoms with Crippen molar-refractivity contribution in [3.63, 3.8) is 0 Å². The van der Waals surface area contributed by atoms with Gasteiger partial charge >= 0.3 is 0 Å². The molecular weight excluding hydrogens is 254 g/mol. The average Bonchev–Trinajstić information content (AvgIpc) is 3.05. The number of nitrogens with zero attached hydrogens (tertiary/aromatic N) is 2. The van der Waals surface area contributed by atoms with E-state index in [1.165, 1.54) is 63.8 Å². The largest absolute Gasteiger partial charge is 0.356 e. The molecule has 2 rings (SSSR count). The molecule has 0 atom stereocenters. The molecule has 1 aliphatic carbocycles. The van der Waals surface area contributed by atoms with Crippen LogP contribution in [0.25, 0.3) is 0 Å². The number of hydrogen-bond acceptors (Lipinski definition) is 2. The van der Waals surface area contributed by atoms with E-state index in [0.717, 1.165) is 12.5 Å². The Balaban J connectivity index is 1.73. The highest BCUT2D eigenvalue weighted by molar-refractivity contribution is 7.98. The summed E-state index contributed by atoms with van der Waals surface area (Å²) in [6, 6.07) is 0. The number of aliphatic imine (C=N–C) groups is 1. The van der Waals surface area contributed by atoms with Crippen molar-refractivity contribution in [1.82, 2.24) is 10.2 Å². The molecule has 2 fully saturated rings. The van der Waals surface area contributed by atoms with Crippen molar-refractivity contribution in [1.29, 1.82) is 0 Å². The average molecular weight is 283 g/mol. The van der Waals surface area contributed by atoms with E-state index in [-0.39, 0.29) is 0 Å². The number of unbranched alkanes of at least 4 members (excludes halogenated alkanes) is 1. The standard InChI is InChI=1S/C15H29N3S/c1-16-14(17-10-5-6-12-19-2)18-11-9-15(13-18)7-3-4-8-15/h3-13H2,1-2H3,(H,16,17). The summed E-state index contributed by atoms with van der Waals surface area (Å²) >= 11 is 1.94. The Morgan fingerprint density at radius 1 is 1.26 bits per heavy atom. The van der Waals surface area contributed by atoms with Crippen LogP contribution in [0.3, 0.4) is 0 Å². The van der Waals surface area contributed by atoms with Gasteiger partial charge in [-0.1, -0.05) is 12.8 Å². The van der Waals surface area contributed by atoms with Gasteiger partial charge in [0, 0.05) is 26.7 Å². The first-order valence-electron chi connectivity index (χ1n) is 7.74. The molecule has 0 amide bonds. The van der Waals surface area contributed by atoms with Gasteiger partial charge in [-0.25, -0.2) is 0 Å². The van der Waals surface area contributed by atoms with E-state index in [4.69, 9.17) is 0 Å². The fourth-order valence-electron chi connectivity index (χ4n) is 3.55. The molecule has 0 bridgehead atoms. The Kier molecular flexibility index (Phi) is 5.86. The van der Waals surface area contributed by atoms with Crippen LogP contribution in [0.1, 0.15) is 44.9 Å². The van der Waals surface area contributed by atoms with Crippen molar-refractivity contribution in [2.45, 2.75) is 44.9 Å². The summed E-state index contributed by atoms with van der Waals surface area (Å²) in [6.45, 7) is 3.50. The summed E-state index contributed by atoms with van der Waals surface area (Å²) < 4.78 is 0. The molecule has 0 unspecified atom stereocenters. The topological polar surface area (TPSA) is 27.6 Å². The zero-order chi connectivity index (χ0) is 13.6. The minimum Gasteiger partial charge on any atom is -0.356 e. The molecule has 0 aromatic rings. The lowest BCUT2D eigenvalue weighted by atomic mass is 9.86. The van der Waals surface area contributed by atoms with Crippen LogP contribution in [0.2, 0.25) is 0 Å². The number of guanidine groups is 1. The van der Waals surface area contributed by atoms with Crippen LogP contribution in [-0.4, -0.2) is 49.6 Å². The Morgan fingerprint density at radius 2 is 2.05 bits per heavy atom. The SMILES string of the molecule is CN=C(NCCCCSC)N1CCC2(CCCC2)C1.